The zero-order chi connectivity index (χ0) is 11.2. The molecule has 1 unspecified atom stereocenters. The Morgan fingerprint density at radius 1 is 1.33 bits per heavy atom. The molecule has 5 atom stereocenters. The molecule has 2 rings (SSSR count). The van der Waals surface area contributed by atoms with Crippen molar-refractivity contribution in [2.24, 2.45) is 0 Å². The number of ether oxygens (including phenoxy) is 3. The highest BCUT2D eigenvalue weighted by atomic mass is 16.8. The smallest absolute Gasteiger partial charge is 0.190 e. The average Bonchev–Trinajstić information content (AvgIpc) is 2.60. The lowest BCUT2D eigenvalue weighted by Crippen LogP contribution is -2.42. The molecule has 0 amide bonds. The topological polar surface area (TPSA) is 88.4 Å². The Balaban J connectivity index is 2.05. The van der Waals surface area contributed by atoms with Crippen LogP contribution in [0.1, 0.15) is 13.8 Å². The van der Waals surface area contributed by atoms with Crippen LogP contribution in [-0.4, -0.2) is 58.4 Å². The molecule has 0 bridgehead atoms. The summed E-state index contributed by atoms with van der Waals surface area (Å²) in [5.41, 5.74) is 0. The van der Waals surface area contributed by atoms with E-state index < -0.39 is 43.1 Å². The maximum absolute atomic E-state index is 9.79. The van der Waals surface area contributed by atoms with Crippen molar-refractivity contribution in [2.75, 3.05) is 6.61 Å². The third-order valence-electron chi connectivity index (χ3n) is 2.62. The molecule has 0 aromatic rings. The van der Waals surface area contributed by atoms with E-state index in [1.807, 2.05) is 0 Å². The van der Waals surface area contributed by atoms with Gasteiger partial charge in [-0.1, -0.05) is 0 Å². The molecule has 2 heterocycles. The van der Waals surface area contributed by atoms with Gasteiger partial charge in [0.05, 0.1) is 6.61 Å². The van der Waals surface area contributed by atoms with Crippen molar-refractivity contribution in [1.82, 2.24) is 0 Å². The summed E-state index contributed by atoms with van der Waals surface area (Å²) in [5.74, 6) is -0.786. The van der Waals surface area contributed by atoms with Gasteiger partial charge in [-0.3, -0.25) is 0 Å². The fourth-order valence-electron chi connectivity index (χ4n) is 1.94. The molecule has 15 heavy (non-hydrogen) atoms. The summed E-state index contributed by atoms with van der Waals surface area (Å²) in [5, 5.41) is 27.9. The minimum absolute atomic E-state index is 0.468. The second-order valence-corrected chi connectivity index (χ2v) is 4.31. The summed E-state index contributed by atoms with van der Waals surface area (Å²) >= 11 is 0. The number of rotatable bonds is 2. The van der Waals surface area contributed by atoms with Crippen molar-refractivity contribution in [1.29, 1.82) is 0 Å². The van der Waals surface area contributed by atoms with Crippen LogP contribution in [0.5, 0.6) is 0 Å². The zero-order valence-electron chi connectivity index (χ0n) is 8.66. The van der Waals surface area contributed by atoms with Gasteiger partial charge in [0, 0.05) is 0 Å². The van der Waals surface area contributed by atoms with E-state index in [1.165, 1.54) is 0 Å². The lowest BCUT2D eigenvalue weighted by Gasteiger charge is -2.24. The highest BCUT2D eigenvalue weighted by molar-refractivity contribution is 4.95. The van der Waals surface area contributed by atoms with E-state index in [-0.39, 0.29) is 0 Å². The van der Waals surface area contributed by atoms with Crippen LogP contribution in [0.25, 0.3) is 0 Å². The van der Waals surface area contributed by atoms with Gasteiger partial charge in [-0.15, -0.1) is 0 Å². The number of hydrogen-bond donors (Lipinski definition) is 3. The Morgan fingerprint density at radius 2 is 2.00 bits per heavy atom. The maximum atomic E-state index is 9.79. The highest BCUT2D eigenvalue weighted by Crippen LogP contribution is 2.38. The molecule has 0 radical (unpaired) electrons. The molecule has 0 aliphatic carbocycles. The largest absolute Gasteiger partial charge is 0.394 e. The third kappa shape index (κ3) is 1.89. The molecule has 6 nitrogen and oxygen atoms in total. The average molecular weight is 220 g/mol. The molecule has 2 aliphatic heterocycles. The molecule has 0 saturated carbocycles. The molecule has 2 saturated heterocycles. The van der Waals surface area contributed by atoms with Crippen molar-refractivity contribution in [3.63, 3.8) is 0 Å². The molecule has 2 fully saturated rings. The molecular formula is C9H16O6. The molecule has 3 N–H and O–H groups in total. The van der Waals surface area contributed by atoms with Crippen molar-refractivity contribution in [3.05, 3.63) is 0 Å². The second kappa shape index (κ2) is 3.65. The fraction of sp³-hybridized carbons (Fsp3) is 1.00. The van der Waals surface area contributed by atoms with E-state index >= 15 is 0 Å². The summed E-state index contributed by atoms with van der Waals surface area (Å²) in [4.78, 5) is 0. The van der Waals surface area contributed by atoms with Crippen molar-refractivity contribution < 1.29 is 29.5 Å². The van der Waals surface area contributed by atoms with E-state index in [2.05, 4.69) is 0 Å². The van der Waals surface area contributed by atoms with Gasteiger partial charge in [-0.05, 0) is 13.8 Å². The van der Waals surface area contributed by atoms with Crippen LogP contribution in [0.2, 0.25) is 0 Å². The second-order valence-electron chi connectivity index (χ2n) is 4.31. The Morgan fingerprint density at radius 3 is 2.53 bits per heavy atom. The van der Waals surface area contributed by atoms with Crippen LogP contribution in [-0.2, 0) is 14.2 Å². The number of fused-ring (bicyclic) bond motifs is 1. The summed E-state index contributed by atoms with van der Waals surface area (Å²) in [6.45, 7) is 2.97. The molecule has 0 aromatic carbocycles. The van der Waals surface area contributed by atoms with Crippen molar-refractivity contribution in [3.8, 4) is 0 Å². The summed E-state index contributed by atoms with van der Waals surface area (Å²) in [6.07, 6.45) is -4.26. The molecular weight excluding hydrogens is 204 g/mol. The maximum Gasteiger partial charge on any atom is 0.190 e. The Labute approximate surface area is 87.4 Å². The molecule has 88 valence electrons. The van der Waals surface area contributed by atoms with E-state index in [1.54, 1.807) is 13.8 Å². The van der Waals surface area contributed by atoms with Gasteiger partial charge in [0.1, 0.15) is 24.4 Å². The van der Waals surface area contributed by atoms with Crippen LogP contribution in [0.3, 0.4) is 0 Å². The molecule has 0 spiro atoms. The van der Waals surface area contributed by atoms with Gasteiger partial charge < -0.3 is 29.5 Å². The quantitative estimate of drug-likeness (QED) is 0.529. The van der Waals surface area contributed by atoms with Crippen LogP contribution in [0.15, 0.2) is 0 Å². The van der Waals surface area contributed by atoms with Gasteiger partial charge in [0.25, 0.3) is 0 Å². The summed E-state index contributed by atoms with van der Waals surface area (Å²) < 4.78 is 16.1. The first-order chi connectivity index (χ1) is 6.94. The Bertz CT molecular complexity index is 243. The molecule has 2 aliphatic rings. The van der Waals surface area contributed by atoms with Gasteiger partial charge in [-0.2, -0.15) is 0 Å². The molecule has 6 heteroatoms. The number of aliphatic hydroxyl groups excluding tert-OH is 3. The van der Waals surface area contributed by atoms with Gasteiger partial charge in [0.15, 0.2) is 12.1 Å². The van der Waals surface area contributed by atoms with Crippen LogP contribution in [0, 0.1) is 0 Å². The minimum atomic E-state index is -1.12. The highest BCUT2D eigenvalue weighted by Gasteiger charge is 2.55. The van der Waals surface area contributed by atoms with Crippen LogP contribution >= 0.6 is 0 Å². The van der Waals surface area contributed by atoms with Gasteiger partial charge in [0.2, 0.25) is 0 Å². The van der Waals surface area contributed by atoms with E-state index in [0.29, 0.717) is 0 Å². The normalized spacial score (nSPS) is 45.4. The van der Waals surface area contributed by atoms with Crippen molar-refractivity contribution >= 4 is 0 Å². The zero-order valence-corrected chi connectivity index (χ0v) is 8.66. The van der Waals surface area contributed by atoms with Crippen LogP contribution < -0.4 is 0 Å². The first-order valence-corrected chi connectivity index (χ1v) is 4.93. The van der Waals surface area contributed by atoms with Gasteiger partial charge >= 0.3 is 0 Å². The summed E-state index contributed by atoms with van der Waals surface area (Å²) in [7, 11) is 0. The van der Waals surface area contributed by atoms with Gasteiger partial charge in [-0.25, -0.2) is 0 Å². The fourth-order valence-corrected chi connectivity index (χ4v) is 1.94. The predicted octanol–water partition coefficient (Wildman–Crippen LogP) is -1.42. The first-order valence-electron chi connectivity index (χ1n) is 4.93. The van der Waals surface area contributed by atoms with Crippen molar-refractivity contribution in [2.45, 2.75) is 50.3 Å². The number of aliphatic hydroxyl groups is 3. The van der Waals surface area contributed by atoms with E-state index in [4.69, 9.17) is 19.3 Å². The minimum Gasteiger partial charge on any atom is -0.394 e. The Hall–Kier alpha value is -0.240. The Kier molecular flexibility index (Phi) is 2.74. The third-order valence-corrected chi connectivity index (χ3v) is 2.62. The number of hydrogen-bond acceptors (Lipinski definition) is 6. The monoisotopic (exact) mass is 220 g/mol. The standard InChI is InChI=1S/C9H16O6/c1-9(2)14-7-5(12)6(4(11)3-10)13-8(7)15-9/h4-8,10-12H,3H2,1-2H3/t4?,5-,6-,7-,8-/m1/s1. The van der Waals surface area contributed by atoms with Crippen LogP contribution in [0.4, 0.5) is 0 Å². The van der Waals surface area contributed by atoms with E-state index in [9.17, 15) is 10.2 Å². The predicted molar refractivity (Wildman–Crippen MR) is 47.8 cm³/mol. The van der Waals surface area contributed by atoms with E-state index in [0.717, 1.165) is 0 Å². The lowest BCUT2D eigenvalue weighted by atomic mass is 10.1. The summed E-state index contributed by atoms with van der Waals surface area (Å²) in [6, 6.07) is 0. The SMILES string of the molecule is CC1(C)O[C@H]2O[C@H](C(O)CO)[C@@H](O)[C@H]2O1. The first kappa shape index (κ1) is 11.3. The lowest BCUT2D eigenvalue weighted by molar-refractivity contribution is -0.227. The molecule has 0 aromatic heterocycles.